The predicted molar refractivity (Wildman–Crippen MR) is 104 cm³/mol. The summed E-state index contributed by atoms with van der Waals surface area (Å²) in [7, 11) is 1.76. The van der Waals surface area contributed by atoms with Gasteiger partial charge in [0.2, 0.25) is 5.91 Å². The van der Waals surface area contributed by atoms with Crippen molar-refractivity contribution >= 4 is 47.4 Å². The predicted octanol–water partition coefficient (Wildman–Crippen LogP) is 3.07. The maximum absolute atomic E-state index is 12.7. The highest BCUT2D eigenvalue weighted by Crippen LogP contribution is 2.25. The fourth-order valence-electron chi connectivity index (χ4n) is 2.84. The van der Waals surface area contributed by atoms with Crippen LogP contribution in [0.3, 0.4) is 0 Å². The van der Waals surface area contributed by atoms with E-state index in [1.807, 2.05) is 6.92 Å². The van der Waals surface area contributed by atoms with Gasteiger partial charge >= 0.3 is 0 Å². The van der Waals surface area contributed by atoms with Crippen molar-refractivity contribution in [3.63, 3.8) is 0 Å². The fourth-order valence-corrected chi connectivity index (χ4v) is 3.14. The Hall–Kier alpha value is -1.01. The summed E-state index contributed by atoms with van der Waals surface area (Å²) in [6.07, 6.45) is 1.58. The van der Waals surface area contributed by atoms with Gasteiger partial charge in [-0.2, -0.15) is 0 Å². The van der Waals surface area contributed by atoms with Crippen molar-refractivity contribution in [2.75, 3.05) is 26.7 Å². The van der Waals surface area contributed by atoms with E-state index in [9.17, 15) is 9.59 Å². The molecule has 2 N–H and O–H groups in total. The second-order valence-corrected chi connectivity index (χ2v) is 7.07. The van der Waals surface area contributed by atoms with Crippen molar-refractivity contribution < 1.29 is 9.59 Å². The average Bonchev–Trinajstić information content (AvgIpc) is 2.61. The number of hydrogen-bond donors (Lipinski definition) is 1. The molecule has 0 saturated carbocycles. The second kappa shape index (κ2) is 9.62. The van der Waals surface area contributed by atoms with Gasteiger partial charge in [0.05, 0.1) is 16.0 Å². The number of carbonyl (C=O) groups is 2. The highest BCUT2D eigenvalue weighted by Gasteiger charge is 2.31. The number of nitrogens with two attached hydrogens (primary N) is 1. The number of rotatable bonds is 4. The van der Waals surface area contributed by atoms with Crippen LogP contribution < -0.4 is 5.73 Å². The molecule has 0 aliphatic carbocycles. The third-order valence-corrected chi connectivity index (χ3v) is 5.31. The van der Waals surface area contributed by atoms with E-state index in [0.717, 1.165) is 12.8 Å². The standard InChI is InChI=1S/C17H23Cl2N3O2.ClH/c1-11(9-20)21(2)16(23)13-4-3-7-22(10-13)17(24)12-5-6-14(18)15(19)8-12;/h5-6,8,11,13H,3-4,7,9-10,20H2,1-2H3;1H. The highest BCUT2D eigenvalue weighted by molar-refractivity contribution is 6.42. The van der Waals surface area contributed by atoms with Crippen molar-refractivity contribution in [3.05, 3.63) is 33.8 Å². The van der Waals surface area contributed by atoms with Gasteiger partial charge < -0.3 is 15.5 Å². The maximum Gasteiger partial charge on any atom is 0.253 e. The number of benzene rings is 1. The first-order chi connectivity index (χ1) is 11.3. The van der Waals surface area contributed by atoms with E-state index in [2.05, 4.69) is 0 Å². The summed E-state index contributed by atoms with van der Waals surface area (Å²) in [6, 6.07) is 4.82. The highest BCUT2D eigenvalue weighted by atomic mass is 35.5. The topological polar surface area (TPSA) is 66.6 Å². The van der Waals surface area contributed by atoms with Crippen LogP contribution in [0.4, 0.5) is 0 Å². The number of amides is 2. The van der Waals surface area contributed by atoms with Crippen molar-refractivity contribution in [1.82, 2.24) is 9.80 Å². The molecule has 2 rings (SSSR count). The van der Waals surface area contributed by atoms with Gasteiger partial charge in [-0.05, 0) is 38.0 Å². The van der Waals surface area contributed by atoms with E-state index in [1.54, 1.807) is 35.0 Å². The molecule has 8 heteroatoms. The molecule has 1 heterocycles. The van der Waals surface area contributed by atoms with Crippen molar-refractivity contribution in [2.24, 2.45) is 11.7 Å². The zero-order valence-electron chi connectivity index (χ0n) is 14.4. The second-order valence-electron chi connectivity index (χ2n) is 6.25. The molecule has 140 valence electrons. The van der Waals surface area contributed by atoms with Crippen molar-refractivity contribution in [2.45, 2.75) is 25.8 Å². The van der Waals surface area contributed by atoms with E-state index < -0.39 is 0 Å². The molecular formula is C17H24Cl3N3O2. The van der Waals surface area contributed by atoms with Crippen LogP contribution in [0.2, 0.25) is 10.0 Å². The lowest BCUT2D eigenvalue weighted by atomic mass is 9.95. The van der Waals surface area contributed by atoms with Gasteiger partial charge in [-0.1, -0.05) is 23.2 Å². The molecule has 1 aromatic rings. The Kier molecular flexibility index (Phi) is 8.48. The van der Waals surface area contributed by atoms with Crippen LogP contribution in [-0.2, 0) is 4.79 Å². The number of carbonyl (C=O) groups excluding carboxylic acids is 2. The van der Waals surface area contributed by atoms with E-state index in [1.165, 1.54) is 0 Å². The van der Waals surface area contributed by atoms with Crippen LogP contribution in [0.5, 0.6) is 0 Å². The van der Waals surface area contributed by atoms with E-state index in [4.69, 9.17) is 28.9 Å². The van der Waals surface area contributed by atoms with Gasteiger partial charge in [-0.25, -0.2) is 0 Å². The molecule has 1 fully saturated rings. The quantitative estimate of drug-likeness (QED) is 0.832. The van der Waals surface area contributed by atoms with Gasteiger partial charge in [0.1, 0.15) is 0 Å². The van der Waals surface area contributed by atoms with Crippen LogP contribution in [0, 0.1) is 5.92 Å². The lowest BCUT2D eigenvalue weighted by Crippen LogP contribution is -2.49. The summed E-state index contributed by atoms with van der Waals surface area (Å²) in [4.78, 5) is 28.7. The molecule has 1 aromatic carbocycles. The number of nitrogens with zero attached hydrogens (tertiary/aromatic N) is 2. The average molecular weight is 409 g/mol. The molecule has 2 unspecified atom stereocenters. The number of piperidine rings is 1. The maximum atomic E-state index is 12.7. The largest absolute Gasteiger partial charge is 0.341 e. The zero-order valence-corrected chi connectivity index (χ0v) is 16.7. The van der Waals surface area contributed by atoms with E-state index in [0.29, 0.717) is 35.2 Å². The van der Waals surface area contributed by atoms with Crippen LogP contribution in [-0.4, -0.2) is 54.3 Å². The molecule has 2 atom stereocenters. The Morgan fingerprint density at radius 1 is 1.36 bits per heavy atom. The Morgan fingerprint density at radius 3 is 2.64 bits per heavy atom. The smallest absolute Gasteiger partial charge is 0.253 e. The monoisotopic (exact) mass is 407 g/mol. The molecule has 1 aliphatic rings. The SMILES string of the molecule is CC(CN)N(C)C(=O)C1CCCN(C(=O)c2ccc(Cl)c(Cl)c2)C1.Cl. The first-order valence-corrected chi connectivity index (χ1v) is 8.81. The summed E-state index contributed by atoms with van der Waals surface area (Å²) in [5.74, 6) is -0.273. The number of hydrogen-bond acceptors (Lipinski definition) is 3. The minimum atomic E-state index is -0.190. The van der Waals surface area contributed by atoms with E-state index in [-0.39, 0.29) is 36.2 Å². The third-order valence-electron chi connectivity index (χ3n) is 4.57. The van der Waals surface area contributed by atoms with Gasteiger partial charge in [-0.15, -0.1) is 12.4 Å². The minimum absolute atomic E-state index is 0. The van der Waals surface area contributed by atoms with Gasteiger partial charge in [0.15, 0.2) is 0 Å². The Bertz CT molecular complexity index is 627. The molecule has 5 nitrogen and oxygen atoms in total. The fraction of sp³-hybridized carbons (Fsp3) is 0.529. The number of likely N-dealkylation sites (tertiary alicyclic amines) is 1. The number of likely N-dealkylation sites (N-methyl/N-ethyl adjacent to an activating group) is 1. The molecule has 2 amide bonds. The molecule has 0 bridgehead atoms. The summed E-state index contributed by atoms with van der Waals surface area (Å²) in [5, 5.41) is 0.765. The molecular weight excluding hydrogens is 385 g/mol. The summed E-state index contributed by atoms with van der Waals surface area (Å²) >= 11 is 11.9. The normalized spacial score (nSPS) is 18.3. The van der Waals surface area contributed by atoms with Crippen LogP contribution in [0.1, 0.15) is 30.1 Å². The molecule has 1 saturated heterocycles. The van der Waals surface area contributed by atoms with Crippen LogP contribution in [0.25, 0.3) is 0 Å². The molecule has 0 spiro atoms. The van der Waals surface area contributed by atoms with Crippen LogP contribution in [0.15, 0.2) is 18.2 Å². The Balaban J connectivity index is 0.00000312. The molecule has 0 aromatic heterocycles. The molecule has 25 heavy (non-hydrogen) atoms. The summed E-state index contributed by atoms with van der Waals surface area (Å²) in [6.45, 7) is 3.39. The van der Waals surface area contributed by atoms with Crippen molar-refractivity contribution in [1.29, 1.82) is 0 Å². The third kappa shape index (κ3) is 5.23. The lowest BCUT2D eigenvalue weighted by Gasteiger charge is -2.35. The van der Waals surface area contributed by atoms with Gasteiger partial charge in [-0.3, -0.25) is 9.59 Å². The lowest BCUT2D eigenvalue weighted by molar-refractivity contribution is -0.137. The summed E-state index contributed by atoms with van der Waals surface area (Å²) in [5.41, 5.74) is 6.12. The Morgan fingerprint density at radius 2 is 2.04 bits per heavy atom. The first-order valence-electron chi connectivity index (χ1n) is 8.06. The first kappa shape index (κ1) is 22.0. The molecule has 0 radical (unpaired) electrons. The van der Waals surface area contributed by atoms with Gasteiger partial charge in [0, 0.05) is 38.3 Å². The van der Waals surface area contributed by atoms with Crippen molar-refractivity contribution in [3.8, 4) is 0 Å². The van der Waals surface area contributed by atoms with E-state index >= 15 is 0 Å². The van der Waals surface area contributed by atoms with Gasteiger partial charge in [0.25, 0.3) is 5.91 Å². The zero-order chi connectivity index (χ0) is 17.9. The molecule has 1 aliphatic heterocycles. The van der Waals surface area contributed by atoms with Crippen LogP contribution >= 0.6 is 35.6 Å². The Labute approximate surface area is 164 Å². The number of halogens is 3. The summed E-state index contributed by atoms with van der Waals surface area (Å²) < 4.78 is 0. The minimum Gasteiger partial charge on any atom is -0.341 e.